The van der Waals surface area contributed by atoms with Gasteiger partial charge in [0.05, 0.1) is 23.9 Å². The number of hydrogen-bond donors (Lipinski definition) is 1. The van der Waals surface area contributed by atoms with E-state index in [0.29, 0.717) is 29.8 Å². The highest BCUT2D eigenvalue weighted by Crippen LogP contribution is 2.40. The van der Waals surface area contributed by atoms with Crippen LogP contribution in [0.4, 0.5) is 0 Å². The third-order valence-corrected chi connectivity index (χ3v) is 4.55. The highest BCUT2D eigenvalue weighted by Gasteiger charge is 2.28. The predicted molar refractivity (Wildman–Crippen MR) is 87.2 cm³/mol. The molecule has 130 valence electrons. The molecule has 0 fully saturated rings. The molecule has 7 nitrogen and oxygen atoms in total. The first-order valence-electron chi connectivity index (χ1n) is 8.91. The van der Waals surface area contributed by atoms with Gasteiger partial charge in [0.1, 0.15) is 2.74 Å². The van der Waals surface area contributed by atoms with Crippen LogP contribution in [-0.4, -0.2) is 35.5 Å². The van der Waals surface area contributed by atoms with Gasteiger partial charge in [-0.1, -0.05) is 0 Å². The Hall–Kier alpha value is -2.96. The Morgan fingerprint density at radius 2 is 1.96 bits per heavy atom. The van der Waals surface area contributed by atoms with Crippen molar-refractivity contribution in [2.75, 3.05) is 13.9 Å². The third kappa shape index (κ3) is 2.43. The zero-order valence-corrected chi connectivity index (χ0v) is 13.5. The van der Waals surface area contributed by atoms with E-state index < -0.39 is 18.7 Å². The van der Waals surface area contributed by atoms with E-state index in [0.717, 1.165) is 18.5 Å². The Bertz CT molecular complexity index is 965. The number of carbonyl (C=O) groups excluding carboxylic acids is 1. The van der Waals surface area contributed by atoms with Gasteiger partial charge in [-0.15, -0.1) is 0 Å². The minimum Gasteiger partial charge on any atom is -0.478 e. The molecule has 4 rings (SSSR count). The number of hydrogen-bond acceptors (Lipinski definition) is 5. The van der Waals surface area contributed by atoms with Crippen LogP contribution in [0.2, 0.25) is 0 Å². The fraction of sp³-hybridized carbons (Fsp3) is 0.333. The molecule has 25 heavy (non-hydrogen) atoms. The average molecular weight is 345 g/mol. The van der Waals surface area contributed by atoms with Crippen LogP contribution in [0, 0.1) is 0 Å². The summed E-state index contributed by atoms with van der Waals surface area (Å²) in [7, 11) is 1.31. The first-order chi connectivity index (χ1) is 12.8. The predicted octanol–water partition coefficient (Wildman–Crippen LogP) is 2.70. The molecule has 7 heteroatoms. The van der Waals surface area contributed by atoms with Crippen molar-refractivity contribution in [3.63, 3.8) is 0 Å². The lowest BCUT2D eigenvalue weighted by molar-refractivity contribution is 0.0598. The van der Waals surface area contributed by atoms with Gasteiger partial charge in [-0.3, -0.25) is 0 Å². The molecule has 0 amide bonds. The standard InChI is InChI=1S/C18H17NO6/c1-23-18(22)12-6-14(19-5-3-2-4-13(12)19)10-7-15-16(25-9-24-15)8-11(10)17(20)21/h6-8H,2-5,9H2,1H3,(H,20,21)/i9D2. The lowest BCUT2D eigenvalue weighted by atomic mass is 10.0. The molecule has 3 heterocycles. The molecule has 0 saturated heterocycles. The maximum Gasteiger partial charge on any atom is 0.339 e. The summed E-state index contributed by atoms with van der Waals surface area (Å²) in [5.41, 5.74) is 2.06. The zero-order chi connectivity index (χ0) is 19.3. The van der Waals surface area contributed by atoms with Crippen LogP contribution in [0.15, 0.2) is 18.2 Å². The van der Waals surface area contributed by atoms with E-state index in [1.807, 2.05) is 4.57 Å². The Labute approximate surface area is 146 Å². The summed E-state index contributed by atoms with van der Waals surface area (Å²) >= 11 is 0. The summed E-state index contributed by atoms with van der Waals surface area (Å²) in [5, 5.41) is 9.66. The highest BCUT2D eigenvalue weighted by molar-refractivity contribution is 5.99. The Kier molecular flexibility index (Phi) is 3.12. The van der Waals surface area contributed by atoms with Crippen LogP contribution < -0.4 is 9.47 Å². The molecule has 0 aliphatic carbocycles. The monoisotopic (exact) mass is 345 g/mol. The lowest BCUT2D eigenvalue weighted by Gasteiger charge is -2.19. The number of carbonyl (C=O) groups is 2. The van der Waals surface area contributed by atoms with Crippen molar-refractivity contribution < 1.29 is 31.6 Å². The van der Waals surface area contributed by atoms with Gasteiger partial charge in [0.15, 0.2) is 11.5 Å². The van der Waals surface area contributed by atoms with E-state index in [1.54, 1.807) is 6.07 Å². The van der Waals surface area contributed by atoms with E-state index in [-0.39, 0.29) is 17.1 Å². The molecule has 1 N–H and O–H groups in total. The zero-order valence-electron chi connectivity index (χ0n) is 15.5. The quantitative estimate of drug-likeness (QED) is 0.861. The van der Waals surface area contributed by atoms with Crippen LogP contribution in [0.1, 0.15) is 42.0 Å². The molecule has 2 aliphatic rings. The number of rotatable bonds is 3. The maximum atomic E-state index is 12.2. The van der Waals surface area contributed by atoms with Gasteiger partial charge in [-0.25, -0.2) is 9.59 Å². The fourth-order valence-electron chi connectivity index (χ4n) is 3.40. The molecule has 1 aromatic heterocycles. The van der Waals surface area contributed by atoms with Crippen molar-refractivity contribution in [1.82, 2.24) is 4.57 Å². The van der Waals surface area contributed by atoms with Crippen LogP contribution >= 0.6 is 0 Å². The van der Waals surface area contributed by atoms with Crippen LogP contribution in [0.25, 0.3) is 11.3 Å². The number of esters is 1. The first-order valence-corrected chi connectivity index (χ1v) is 7.91. The SMILES string of the molecule is [2H]C1([2H])Oc2cc(C(=O)O)c(-c3cc(C(=O)OC)c4n3CCCC4)cc2O1. The molecule has 0 unspecified atom stereocenters. The van der Waals surface area contributed by atoms with Crippen molar-refractivity contribution in [1.29, 1.82) is 0 Å². The smallest absolute Gasteiger partial charge is 0.339 e. The molecule has 0 radical (unpaired) electrons. The molecular weight excluding hydrogens is 326 g/mol. The van der Waals surface area contributed by atoms with Crippen LogP contribution in [0.5, 0.6) is 11.5 Å². The van der Waals surface area contributed by atoms with E-state index in [9.17, 15) is 14.7 Å². The molecule has 1 aromatic carbocycles. The van der Waals surface area contributed by atoms with Gasteiger partial charge >= 0.3 is 11.9 Å². The number of benzene rings is 1. The second-order valence-corrected chi connectivity index (χ2v) is 5.93. The fourth-order valence-corrected chi connectivity index (χ4v) is 3.40. The summed E-state index contributed by atoms with van der Waals surface area (Å²) in [6.07, 6.45) is 2.53. The summed E-state index contributed by atoms with van der Waals surface area (Å²) in [6.45, 7) is -1.71. The van der Waals surface area contributed by atoms with Gasteiger partial charge in [0, 0.05) is 17.8 Å². The molecule has 0 spiro atoms. The summed E-state index contributed by atoms with van der Waals surface area (Å²) in [5.74, 6) is -1.51. The minimum atomic E-state index is -2.35. The number of aromatic carboxylic acids is 1. The van der Waals surface area contributed by atoms with E-state index in [4.69, 9.17) is 17.0 Å². The summed E-state index contributed by atoms with van der Waals surface area (Å²) in [6, 6.07) is 4.32. The first kappa shape index (κ1) is 13.3. The number of carboxylic acid groups (broad SMARTS) is 1. The minimum absolute atomic E-state index is 0.0276. The Morgan fingerprint density at radius 3 is 2.68 bits per heavy atom. The highest BCUT2D eigenvalue weighted by atomic mass is 16.7. The van der Waals surface area contributed by atoms with E-state index in [2.05, 4.69) is 0 Å². The average Bonchev–Trinajstić information content (AvgIpc) is 3.15. The van der Waals surface area contributed by atoms with E-state index in [1.165, 1.54) is 19.2 Å². The number of ether oxygens (including phenoxy) is 3. The van der Waals surface area contributed by atoms with Gasteiger partial charge in [-0.05, 0) is 37.5 Å². The van der Waals surface area contributed by atoms with Crippen molar-refractivity contribution in [3.8, 4) is 22.8 Å². The van der Waals surface area contributed by atoms with Gasteiger partial charge in [0.25, 0.3) is 0 Å². The second-order valence-electron chi connectivity index (χ2n) is 5.93. The topological polar surface area (TPSA) is 87.0 Å². The van der Waals surface area contributed by atoms with Crippen molar-refractivity contribution in [2.24, 2.45) is 0 Å². The Morgan fingerprint density at radius 1 is 1.20 bits per heavy atom. The maximum absolute atomic E-state index is 12.2. The van der Waals surface area contributed by atoms with Crippen molar-refractivity contribution in [2.45, 2.75) is 25.8 Å². The lowest BCUT2D eigenvalue weighted by Crippen LogP contribution is -2.14. The van der Waals surface area contributed by atoms with Crippen molar-refractivity contribution >= 4 is 11.9 Å². The largest absolute Gasteiger partial charge is 0.478 e. The van der Waals surface area contributed by atoms with Gasteiger partial charge in [0.2, 0.25) is 6.75 Å². The number of methoxy groups -OCH3 is 1. The molecular formula is C18H17NO6. The number of aromatic nitrogens is 1. The summed E-state index contributed by atoms with van der Waals surface area (Å²) in [4.78, 5) is 24.0. The van der Waals surface area contributed by atoms with Crippen LogP contribution in [-0.2, 0) is 17.7 Å². The number of fused-ring (bicyclic) bond motifs is 2. The Balaban J connectivity index is 1.93. The number of nitrogens with zero attached hydrogens (tertiary/aromatic N) is 1. The molecule has 0 atom stereocenters. The number of carboxylic acids is 1. The molecule has 2 aliphatic heterocycles. The van der Waals surface area contributed by atoms with E-state index >= 15 is 0 Å². The second kappa shape index (κ2) is 5.84. The third-order valence-electron chi connectivity index (χ3n) is 4.55. The molecule has 2 aromatic rings. The normalized spacial score (nSPS) is 18.1. The molecule has 0 saturated carbocycles. The van der Waals surface area contributed by atoms with Crippen molar-refractivity contribution in [3.05, 3.63) is 35.0 Å². The van der Waals surface area contributed by atoms with Gasteiger partial charge in [-0.2, -0.15) is 0 Å². The molecule has 0 bridgehead atoms. The van der Waals surface area contributed by atoms with Gasteiger partial charge < -0.3 is 23.9 Å². The van der Waals surface area contributed by atoms with Crippen LogP contribution in [0.3, 0.4) is 0 Å². The summed E-state index contributed by atoms with van der Waals surface area (Å²) < 4.78 is 32.1.